The summed E-state index contributed by atoms with van der Waals surface area (Å²) in [4.78, 5) is 12.6. The molecule has 0 radical (unpaired) electrons. The van der Waals surface area contributed by atoms with E-state index >= 15 is 0 Å². The van der Waals surface area contributed by atoms with Gasteiger partial charge >= 0.3 is 0 Å². The number of sulfonamides is 1. The summed E-state index contributed by atoms with van der Waals surface area (Å²) in [5.74, 6) is -0.189. The standard InChI is InChI=1S/C23H21ClFN3O4S/c1-16(23(29)27-26-15-20-21(24)9-6-10-22(20)25)28(33(2,30)31)17-11-13-19(14-12-17)32-18-7-4-3-5-8-18/h3-16H,1-2H3,(H,27,29)/b26-15-/t16-/m0/s1. The number of hydrazone groups is 1. The van der Waals surface area contributed by atoms with Crippen molar-refractivity contribution in [3.63, 3.8) is 0 Å². The number of nitrogens with one attached hydrogen (secondary N) is 1. The number of para-hydroxylation sites is 1. The van der Waals surface area contributed by atoms with Crippen LogP contribution in [0.2, 0.25) is 5.02 Å². The number of nitrogens with zero attached hydrogens (tertiary/aromatic N) is 2. The maximum absolute atomic E-state index is 13.8. The molecule has 0 unspecified atom stereocenters. The molecule has 0 fully saturated rings. The number of halogens is 2. The molecule has 1 N–H and O–H groups in total. The van der Waals surface area contributed by atoms with Gasteiger partial charge < -0.3 is 4.74 Å². The Morgan fingerprint density at radius 1 is 1.06 bits per heavy atom. The number of hydrogen-bond donors (Lipinski definition) is 1. The fourth-order valence-corrected chi connectivity index (χ4v) is 4.37. The molecule has 3 aromatic rings. The molecular formula is C23H21ClFN3O4S. The highest BCUT2D eigenvalue weighted by atomic mass is 35.5. The number of carbonyl (C=O) groups excluding carboxylic acids is 1. The first-order valence-electron chi connectivity index (χ1n) is 9.76. The van der Waals surface area contributed by atoms with Crippen molar-refractivity contribution in [2.45, 2.75) is 13.0 Å². The van der Waals surface area contributed by atoms with E-state index in [1.165, 1.54) is 37.3 Å². The molecule has 10 heteroatoms. The molecule has 33 heavy (non-hydrogen) atoms. The third-order valence-corrected chi connectivity index (χ3v) is 6.10. The van der Waals surface area contributed by atoms with Gasteiger partial charge in [-0.25, -0.2) is 18.2 Å². The second kappa shape index (κ2) is 10.5. The Morgan fingerprint density at radius 2 is 1.70 bits per heavy atom. The van der Waals surface area contributed by atoms with E-state index in [0.29, 0.717) is 11.5 Å². The monoisotopic (exact) mass is 489 g/mol. The van der Waals surface area contributed by atoms with E-state index in [9.17, 15) is 17.6 Å². The second-order valence-corrected chi connectivity index (χ2v) is 9.28. The fourth-order valence-electron chi connectivity index (χ4n) is 2.98. The molecule has 1 amide bonds. The van der Waals surface area contributed by atoms with Crippen LogP contribution in [0.15, 0.2) is 77.9 Å². The van der Waals surface area contributed by atoms with Crippen molar-refractivity contribution in [2.75, 3.05) is 10.6 Å². The van der Waals surface area contributed by atoms with E-state index in [4.69, 9.17) is 16.3 Å². The Balaban J connectivity index is 1.75. The maximum Gasteiger partial charge on any atom is 0.263 e. The second-order valence-electron chi connectivity index (χ2n) is 7.01. The minimum absolute atomic E-state index is 0.00101. The van der Waals surface area contributed by atoms with Crippen LogP contribution >= 0.6 is 11.6 Å². The quantitative estimate of drug-likeness (QED) is 0.370. The summed E-state index contributed by atoms with van der Waals surface area (Å²) in [5, 5.41) is 3.83. The van der Waals surface area contributed by atoms with Gasteiger partial charge in [-0.05, 0) is 55.5 Å². The molecule has 172 valence electrons. The predicted molar refractivity (Wildman–Crippen MR) is 127 cm³/mol. The maximum atomic E-state index is 13.8. The van der Waals surface area contributed by atoms with Gasteiger partial charge in [0.15, 0.2) is 0 Å². The molecule has 0 heterocycles. The molecule has 0 aliphatic carbocycles. The van der Waals surface area contributed by atoms with Gasteiger partial charge in [-0.2, -0.15) is 5.10 Å². The van der Waals surface area contributed by atoms with Crippen molar-refractivity contribution in [1.82, 2.24) is 5.43 Å². The molecule has 0 saturated heterocycles. The first kappa shape index (κ1) is 24.2. The first-order chi connectivity index (χ1) is 15.7. The molecule has 3 rings (SSSR count). The Bertz CT molecular complexity index is 1230. The van der Waals surface area contributed by atoms with Crippen LogP contribution in [0.4, 0.5) is 10.1 Å². The van der Waals surface area contributed by atoms with Gasteiger partial charge in [0.1, 0.15) is 23.4 Å². The largest absolute Gasteiger partial charge is 0.457 e. The van der Waals surface area contributed by atoms with Crippen molar-refractivity contribution in [3.05, 3.63) is 89.2 Å². The number of ether oxygens (including phenoxy) is 1. The molecule has 0 aliphatic rings. The Labute approximate surface area is 196 Å². The highest BCUT2D eigenvalue weighted by Crippen LogP contribution is 2.27. The fraction of sp³-hybridized carbons (Fsp3) is 0.130. The summed E-state index contributed by atoms with van der Waals surface area (Å²) in [7, 11) is -3.83. The minimum Gasteiger partial charge on any atom is -0.457 e. The third-order valence-electron chi connectivity index (χ3n) is 4.53. The molecule has 3 aromatic carbocycles. The summed E-state index contributed by atoms with van der Waals surface area (Å²) in [5.41, 5.74) is 2.49. The third kappa shape index (κ3) is 6.30. The topological polar surface area (TPSA) is 88.1 Å². The zero-order chi connectivity index (χ0) is 24.0. The van der Waals surface area contributed by atoms with E-state index < -0.39 is 27.8 Å². The molecule has 7 nitrogen and oxygen atoms in total. The number of amides is 1. The normalized spacial score (nSPS) is 12.4. The lowest BCUT2D eigenvalue weighted by atomic mass is 10.2. The molecule has 0 aromatic heterocycles. The first-order valence-corrected chi connectivity index (χ1v) is 12.0. The van der Waals surface area contributed by atoms with Crippen LogP contribution in [0.1, 0.15) is 12.5 Å². The number of rotatable bonds is 8. The van der Waals surface area contributed by atoms with E-state index in [2.05, 4.69) is 10.5 Å². The minimum atomic E-state index is -3.83. The lowest BCUT2D eigenvalue weighted by Gasteiger charge is -2.27. The number of hydrogen-bond acceptors (Lipinski definition) is 5. The SMILES string of the molecule is C[C@@H](C(=O)N/N=C\c1c(F)cccc1Cl)N(c1ccc(Oc2ccccc2)cc1)S(C)(=O)=O. The summed E-state index contributed by atoms with van der Waals surface area (Å²) >= 11 is 5.92. The van der Waals surface area contributed by atoms with Crippen molar-refractivity contribution < 1.29 is 22.3 Å². The Kier molecular flexibility index (Phi) is 7.67. The predicted octanol–water partition coefficient (Wildman–Crippen LogP) is 4.58. The van der Waals surface area contributed by atoms with Gasteiger partial charge in [0.25, 0.3) is 5.91 Å². The average molecular weight is 490 g/mol. The van der Waals surface area contributed by atoms with Crippen molar-refractivity contribution in [1.29, 1.82) is 0 Å². The smallest absolute Gasteiger partial charge is 0.263 e. The van der Waals surface area contributed by atoms with Crippen LogP contribution in [-0.2, 0) is 14.8 Å². The Morgan fingerprint density at radius 3 is 2.30 bits per heavy atom. The summed E-state index contributed by atoms with van der Waals surface area (Å²) in [6.07, 6.45) is 2.05. The van der Waals surface area contributed by atoms with Crippen molar-refractivity contribution in [3.8, 4) is 11.5 Å². The van der Waals surface area contributed by atoms with Crippen LogP contribution < -0.4 is 14.5 Å². The summed E-state index contributed by atoms with van der Waals surface area (Å²) in [6.45, 7) is 1.41. The molecule has 0 spiro atoms. The van der Waals surface area contributed by atoms with Gasteiger partial charge in [0.2, 0.25) is 10.0 Å². The molecule has 1 atom stereocenters. The van der Waals surface area contributed by atoms with Crippen LogP contribution in [0.5, 0.6) is 11.5 Å². The molecule has 0 aliphatic heterocycles. The van der Waals surface area contributed by atoms with Gasteiger partial charge in [-0.15, -0.1) is 0 Å². The van der Waals surface area contributed by atoms with E-state index in [-0.39, 0.29) is 16.3 Å². The van der Waals surface area contributed by atoms with Gasteiger partial charge in [0, 0.05) is 5.56 Å². The Hall–Kier alpha value is -3.43. The van der Waals surface area contributed by atoms with Gasteiger partial charge in [-0.3, -0.25) is 9.10 Å². The summed E-state index contributed by atoms with van der Waals surface area (Å²) in [6, 6.07) is 18.4. The lowest BCUT2D eigenvalue weighted by Crippen LogP contribution is -2.46. The zero-order valence-corrected chi connectivity index (χ0v) is 19.3. The van der Waals surface area contributed by atoms with Crippen molar-refractivity contribution in [2.24, 2.45) is 5.10 Å². The number of anilines is 1. The van der Waals surface area contributed by atoms with Crippen molar-refractivity contribution >= 4 is 39.4 Å². The van der Waals surface area contributed by atoms with Gasteiger partial charge in [0.05, 0.1) is 23.2 Å². The number of carbonyl (C=O) groups is 1. The van der Waals surface area contributed by atoms with Crippen LogP contribution in [0.3, 0.4) is 0 Å². The van der Waals surface area contributed by atoms with E-state index in [1.807, 2.05) is 18.2 Å². The zero-order valence-electron chi connectivity index (χ0n) is 17.8. The number of benzene rings is 3. The highest BCUT2D eigenvalue weighted by Gasteiger charge is 2.29. The van der Waals surface area contributed by atoms with Crippen LogP contribution in [-0.4, -0.2) is 32.8 Å². The average Bonchev–Trinajstić information content (AvgIpc) is 2.77. The lowest BCUT2D eigenvalue weighted by molar-refractivity contribution is -0.121. The summed E-state index contributed by atoms with van der Waals surface area (Å²) < 4.78 is 45.4. The molecular weight excluding hydrogens is 469 g/mol. The van der Waals surface area contributed by atoms with E-state index in [1.54, 1.807) is 24.3 Å². The highest BCUT2D eigenvalue weighted by molar-refractivity contribution is 7.92. The van der Waals surface area contributed by atoms with Crippen LogP contribution in [0, 0.1) is 5.82 Å². The van der Waals surface area contributed by atoms with Gasteiger partial charge in [-0.1, -0.05) is 35.9 Å². The molecule has 0 bridgehead atoms. The molecule has 0 saturated carbocycles. The van der Waals surface area contributed by atoms with Crippen LogP contribution in [0.25, 0.3) is 0 Å². The van der Waals surface area contributed by atoms with E-state index in [0.717, 1.165) is 16.8 Å².